The van der Waals surface area contributed by atoms with Crippen LogP contribution in [-0.2, 0) is 7.05 Å². The van der Waals surface area contributed by atoms with Crippen molar-refractivity contribution in [2.45, 2.75) is 51.5 Å². The molecule has 0 amide bonds. The van der Waals surface area contributed by atoms with Crippen LogP contribution >= 0.6 is 0 Å². The van der Waals surface area contributed by atoms with Gasteiger partial charge in [0, 0.05) is 24.8 Å². The van der Waals surface area contributed by atoms with Crippen molar-refractivity contribution in [3.05, 3.63) is 18.0 Å². The monoisotopic (exact) mass is 235 g/mol. The van der Waals surface area contributed by atoms with Crippen LogP contribution in [0, 0.1) is 5.92 Å². The van der Waals surface area contributed by atoms with E-state index in [1.807, 2.05) is 17.9 Å². The molecule has 1 aliphatic carbocycles. The van der Waals surface area contributed by atoms with E-state index in [2.05, 4.69) is 23.5 Å². The van der Waals surface area contributed by atoms with E-state index in [4.69, 9.17) is 0 Å². The van der Waals surface area contributed by atoms with Crippen molar-refractivity contribution >= 4 is 0 Å². The zero-order valence-electron chi connectivity index (χ0n) is 11.2. The van der Waals surface area contributed by atoms with E-state index in [9.17, 15) is 0 Å². The van der Waals surface area contributed by atoms with E-state index in [0.717, 1.165) is 12.5 Å². The Kier molecular flexibility index (Phi) is 4.60. The molecule has 1 aliphatic rings. The zero-order valence-corrected chi connectivity index (χ0v) is 11.2. The highest BCUT2D eigenvalue weighted by Crippen LogP contribution is 2.31. The molecule has 0 spiro atoms. The van der Waals surface area contributed by atoms with Gasteiger partial charge in [0.2, 0.25) is 0 Å². The quantitative estimate of drug-likeness (QED) is 0.821. The van der Waals surface area contributed by atoms with Gasteiger partial charge in [0.1, 0.15) is 0 Å². The van der Waals surface area contributed by atoms with Gasteiger partial charge >= 0.3 is 0 Å². The Morgan fingerprint density at radius 3 is 2.82 bits per heavy atom. The summed E-state index contributed by atoms with van der Waals surface area (Å²) in [5.74, 6) is 0.979. The highest BCUT2D eigenvalue weighted by molar-refractivity contribution is 5.10. The molecule has 1 heterocycles. The fourth-order valence-corrected chi connectivity index (χ4v) is 2.95. The van der Waals surface area contributed by atoms with E-state index in [1.54, 1.807) is 0 Å². The van der Waals surface area contributed by atoms with Gasteiger partial charge in [-0.3, -0.25) is 4.68 Å². The predicted octanol–water partition coefficient (Wildman–Crippen LogP) is 3.04. The first-order chi connectivity index (χ1) is 8.29. The molecule has 1 atom stereocenters. The molecule has 0 radical (unpaired) electrons. The smallest absolute Gasteiger partial charge is 0.0537 e. The van der Waals surface area contributed by atoms with E-state index >= 15 is 0 Å². The number of aryl methyl sites for hydroxylation is 1. The maximum atomic E-state index is 4.28. The third-order valence-corrected chi connectivity index (χ3v) is 3.92. The lowest BCUT2D eigenvalue weighted by Crippen LogP contribution is -2.21. The van der Waals surface area contributed by atoms with Gasteiger partial charge < -0.3 is 5.32 Å². The van der Waals surface area contributed by atoms with E-state index < -0.39 is 0 Å². The summed E-state index contributed by atoms with van der Waals surface area (Å²) in [6, 6.07) is 0.495. The Bertz CT molecular complexity index is 326. The summed E-state index contributed by atoms with van der Waals surface area (Å²) in [5, 5.41) is 7.86. The Morgan fingerprint density at radius 1 is 1.47 bits per heavy atom. The summed E-state index contributed by atoms with van der Waals surface area (Å²) in [7, 11) is 1.99. The lowest BCUT2D eigenvalue weighted by Gasteiger charge is -2.18. The van der Waals surface area contributed by atoms with Crippen LogP contribution in [0.4, 0.5) is 0 Å². The molecule has 1 aromatic heterocycles. The molecule has 1 aromatic rings. The van der Waals surface area contributed by atoms with E-state index in [0.29, 0.717) is 6.04 Å². The van der Waals surface area contributed by atoms with Crippen LogP contribution in [0.15, 0.2) is 12.4 Å². The van der Waals surface area contributed by atoms with Crippen molar-refractivity contribution in [3.8, 4) is 0 Å². The number of aromatic nitrogens is 2. The highest BCUT2D eigenvalue weighted by atomic mass is 15.2. The number of hydrogen-bond donors (Lipinski definition) is 1. The van der Waals surface area contributed by atoms with Gasteiger partial charge in [0.25, 0.3) is 0 Å². The van der Waals surface area contributed by atoms with Crippen LogP contribution < -0.4 is 5.32 Å². The van der Waals surface area contributed by atoms with Gasteiger partial charge in [-0.05, 0) is 25.3 Å². The summed E-state index contributed by atoms with van der Waals surface area (Å²) in [6.07, 6.45) is 12.6. The minimum Gasteiger partial charge on any atom is -0.310 e. The van der Waals surface area contributed by atoms with E-state index in [1.165, 1.54) is 44.1 Å². The lowest BCUT2D eigenvalue weighted by atomic mass is 9.96. The Morgan fingerprint density at radius 2 is 2.24 bits per heavy atom. The predicted molar refractivity (Wildman–Crippen MR) is 70.8 cm³/mol. The second-order valence-electron chi connectivity index (χ2n) is 5.29. The Labute approximate surface area is 105 Å². The maximum absolute atomic E-state index is 4.28. The van der Waals surface area contributed by atoms with Crippen molar-refractivity contribution in [1.29, 1.82) is 0 Å². The lowest BCUT2D eigenvalue weighted by molar-refractivity contribution is 0.416. The van der Waals surface area contributed by atoms with Crippen molar-refractivity contribution in [3.63, 3.8) is 0 Å². The molecular weight excluding hydrogens is 210 g/mol. The molecule has 0 aromatic carbocycles. The molecule has 3 heteroatoms. The fourth-order valence-electron chi connectivity index (χ4n) is 2.95. The van der Waals surface area contributed by atoms with Crippen LogP contribution in [0.5, 0.6) is 0 Å². The average Bonchev–Trinajstić information content (AvgIpc) is 2.95. The van der Waals surface area contributed by atoms with Gasteiger partial charge in [-0.2, -0.15) is 5.10 Å². The maximum Gasteiger partial charge on any atom is 0.0537 e. The Hall–Kier alpha value is -0.830. The fraction of sp³-hybridized carbons (Fsp3) is 0.786. The van der Waals surface area contributed by atoms with Crippen LogP contribution in [-0.4, -0.2) is 16.3 Å². The van der Waals surface area contributed by atoms with Gasteiger partial charge in [-0.15, -0.1) is 0 Å². The topological polar surface area (TPSA) is 29.9 Å². The SMILES string of the molecule is CCNC(CCC1CCCC1)c1cnn(C)c1. The third-order valence-electron chi connectivity index (χ3n) is 3.92. The zero-order chi connectivity index (χ0) is 12.1. The number of nitrogens with one attached hydrogen (secondary N) is 1. The van der Waals surface area contributed by atoms with Gasteiger partial charge in [0.15, 0.2) is 0 Å². The van der Waals surface area contributed by atoms with E-state index in [-0.39, 0.29) is 0 Å². The molecule has 2 rings (SSSR count). The minimum absolute atomic E-state index is 0.495. The Balaban J connectivity index is 1.87. The second kappa shape index (κ2) is 6.20. The first-order valence-corrected chi connectivity index (χ1v) is 7.01. The molecule has 1 fully saturated rings. The van der Waals surface area contributed by atoms with Crippen LogP contribution in [0.25, 0.3) is 0 Å². The first kappa shape index (κ1) is 12.6. The largest absolute Gasteiger partial charge is 0.310 e. The molecule has 0 saturated heterocycles. The third kappa shape index (κ3) is 3.56. The van der Waals surface area contributed by atoms with Crippen molar-refractivity contribution in [1.82, 2.24) is 15.1 Å². The van der Waals surface area contributed by atoms with Crippen LogP contribution in [0.1, 0.15) is 57.1 Å². The second-order valence-corrected chi connectivity index (χ2v) is 5.29. The molecule has 96 valence electrons. The number of hydrogen-bond acceptors (Lipinski definition) is 2. The summed E-state index contributed by atoms with van der Waals surface area (Å²) >= 11 is 0. The summed E-state index contributed by atoms with van der Waals surface area (Å²) in [6.45, 7) is 3.21. The highest BCUT2D eigenvalue weighted by Gasteiger charge is 2.18. The average molecular weight is 235 g/mol. The molecule has 0 aliphatic heterocycles. The van der Waals surface area contributed by atoms with Crippen molar-refractivity contribution < 1.29 is 0 Å². The molecule has 3 nitrogen and oxygen atoms in total. The van der Waals surface area contributed by atoms with Crippen LogP contribution in [0.2, 0.25) is 0 Å². The number of nitrogens with zero attached hydrogens (tertiary/aromatic N) is 2. The molecule has 1 unspecified atom stereocenters. The molecule has 1 N–H and O–H groups in total. The minimum atomic E-state index is 0.495. The van der Waals surface area contributed by atoms with Crippen LogP contribution in [0.3, 0.4) is 0 Å². The standard InChI is InChI=1S/C14H25N3/c1-3-15-14(13-10-16-17(2)11-13)9-8-12-6-4-5-7-12/h10-12,14-15H,3-9H2,1-2H3. The summed E-state index contributed by atoms with van der Waals surface area (Å²) in [4.78, 5) is 0. The van der Waals surface area contributed by atoms with Gasteiger partial charge in [0.05, 0.1) is 6.20 Å². The number of rotatable bonds is 6. The van der Waals surface area contributed by atoms with Gasteiger partial charge in [-0.1, -0.05) is 32.6 Å². The van der Waals surface area contributed by atoms with Gasteiger partial charge in [-0.25, -0.2) is 0 Å². The molecule has 0 bridgehead atoms. The molecular formula is C14H25N3. The molecule has 1 saturated carbocycles. The molecule has 17 heavy (non-hydrogen) atoms. The normalized spacial score (nSPS) is 18.7. The summed E-state index contributed by atoms with van der Waals surface area (Å²) < 4.78 is 1.90. The first-order valence-electron chi connectivity index (χ1n) is 7.01. The van der Waals surface area contributed by atoms with Crippen molar-refractivity contribution in [2.75, 3.05) is 6.54 Å². The summed E-state index contributed by atoms with van der Waals surface area (Å²) in [5.41, 5.74) is 1.34. The van der Waals surface area contributed by atoms with Crippen molar-refractivity contribution in [2.24, 2.45) is 13.0 Å².